The maximum Gasteiger partial charge on any atom is 0.272 e. The first-order valence-corrected chi connectivity index (χ1v) is 5.28. The minimum absolute atomic E-state index is 0.185. The summed E-state index contributed by atoms with van der Waals surface area (Å²) in [4.78, 5) is 12.4. The van der Waals surface area contributed by atoms with Crippen molar-refractivity contribution in [1.29, 1.82) is 0 Å². The molecule has 0 saturated carbocycles. The molecule has 1 unspecified atom stereocenters. The molecule has 0 aromatic carbocycles. The molecule has 1 amide bonds. The molecule has 5 nitrogen and oxygen atoms in total. The van der Waals surface area contributed by atoms with Gasteiger partial charge in [0.2, 0.25) is 0 Å². The van der Waals surface area contributed by atoms with Gasteiger partial charge in [0.25, 0.3) is 11.5 Å². The number of rotatable bonds is 4. The molecule has 0 fully saturated rings. The summed E-state index contributed by atoms with van der Waals surface area (Å²) >= 11 is 5.06. The predicted octanol–water partition coefficient (Wildman–Crippen LogP) is 1.35. The molecule has 0 N–H and O–H groups in total. The van der Waals surface area contributed by atoms with Gasteiger partial charge in [0.15, 0.2) is 5.82 Å². The van der Waals surface area contributed by atoms with Gasteiger partial charge in [-0.25, -0.2) is 4.39 Å². The van der Waals surface area contributed by atoms with E-state index in [1.54, 1.807) is 6.33 Å². The molecule has 0 aliphatic rings. The summed E-state index contributed by atoms with van der Waals surface area (Å²) in [5.41, 5.74) is -2.01. The fraction of sp³-hybridized carbons (Fsp3) is 0.667. The number of carbonyl (C=O) groups excluding carboxylic acids is 1. The second kappa shape index (κ2) is 5.25. The van der Waals surface area contributed by atoms with Gasteiger partial charge in [0.1, 0.15) is 6.33 Å². The fourth-order valence-electron chi connectivity index (χ4n) is 1.27. The Hall–Kier alpha value is -1.17. The molecular formula is C9H14ClFN4O. The van der Waals surface area contributed by atoms with Crippen LogP contribution in [0.1, 0.15) is 25.7 Å². The lowest BCUT2D eigenvalue weighted by molar-refractivity contribution is -0.133. The highest BCUT2D eigenvalue weighted by atomic mass is 35.5. The summed E-state index contributed by atoms with van der Waals surface area (Å²) in [6, 6.07) is 0.186. The van der Waals surface area contributed by atoms with Gasteiger partial charge in [0, 0.05) is 13.1 Å². The highest BCUT2D eigenvalue weighted by molar-refractivity contribution is 6.29. The Morgan fingerprint density at radius 3 is 2.81 bits per heavy atom. The first-order valence-electron chi connectivity index (χ1n) is 4.85. The van der Waals surface area contributed by atoms with Crippen LogP contribution >= 0.6 is 11.6 Å². The van der Waals surface area contributed by atoms with Crippen LogP contribution in [-0.2, 0) is 11.3 Å². The van der Waals surface area contributed by atoms with Crippen LogP contribution in [0.2, 0.25) is 0 Å². The second-order valence-corrected chi connectivity index (χ2v) is 4.13. The Bertz CT molecular complexity index is 366. The lowest BCUT2D eigenvalue weighted by Gasteiger charge is -2.18. The van der Waals surface area contributed by atoms with Crippen molar-refractivity contribution in [3.63, 3.8) is 0 Å². The molecule has 1 aromatic heterocycles. The Balaban J connectivity index is 2.73. The van der Waals surface area contributed by atoms with Crippen molar-refractivity contribution in [2.75, 3.05) is 7.05 Å². The van der Waals surface area contributed by atoms with Crippen molar-refractivity contribution < 1.29 is 9.18 Å². The van der Waals surface area contributed by atoms with E-state index in [4.69, 9.17) is 11.6 Å². The molecule has 0 spiro atoms. The second-order valence-electron chi connectivity index (χ2n) is 3.74. The van der Waals surface area contributed by atoms with Gasteiger partial charge < -0.3 is 9.47 Å². The summed E-state index contributed by atoms with van der Waals surface area (Å²) in [7, 11) is 1.47. The first-order chi connectivity index (χ1) is 7.43. The zero-order valence-electron chi connectivity index (χ0n) is 9.39. The van der Waals surface area contributed by atoms with Crippen LogP contribution in [0.4, 0.5) is 4.39 Å². The lowest BCUT2D eigenvalue weighted by Crippen LogP contribution is -2.32. The minimum atomic E-state index is -2.01. The minimum Gasteiger partial charge on any atom is -0.335 e. The van der Waals surface area contributed by atoms with Crippen LogP contribution in [0.3, 0.4) is 0 Å². The topological polar surface area (TPSA) is 51.0 Å². The highest BCUT2D eigenvalue weighted by Crippen LogP contribution is 2.10. The summed E-state index contributed by atoms with van der Waals surface area (Å²) in [6.07, 6.45) is 1.58. The number of hydrogen-bond donors (Lipinski definition) is 0. The van der Waals surface area contributed by atoms with Gasteiger partial charge in [0.05, 0.1) is 6.54 Å². The van der Waals surface area contributed by atoms with Crippen molar-refractivity contribution in [3.8, 4) is 0 Å². The van der Waals surface area contributed by atoms with Gasteiger partial charge in [-0.1, -0.05) is 11.6 Å². The Kier molecular flexibility index (Phi) is 4.23. The SMILES string of the molecule is CC(C)n1cnnc1CN(C)C(=O)C(F)Cl. The average Bonchev–Trinajstić information content (AvgIpc) is 2.64. The van der Waals surface area contributed by atoms with Crippen molar-refractivity contribution in [2.45, 2.75) is 32.1 Å². The van der Waals surface area contributed by atoms with E-state index in [9.17, 15) is 9.18 Å². The van der Waals surface area contributed by atoms with Crippen LogP contribution in [0.5, 0.6) is 0 Å². The maximum atomic E-state index is 12.6. The van der Waals surface area contributed by atoms with Gasteiger partial charge in [-0.2, -0.15) is 0 Å². The number of aromatic nitrogens is 3. The van der Waals surface area contributed by atoms with Crippen LogP contribution in [-0.4, -0.2) is 38.3 Å². The maximum absolute atomic E-state index is 12.6. The fourth-order valence-corrected chi connectivity index (χ4v) is 1.43. The van der Waals surface area contributed by atoms with Crippen molar-refractivity contribution >= 4 is 17.5 Å². The normalized spacial score (nSPS) is 12.9. The Morgan fingerprint density at radius 1 is 1.69 bits per heavy atom. The third-order valence-corrected chi connectivity index (χ3v) is 2.33. The first kappa shape index (κ1) is 12.9. The van der Waals surface area contributed by atoms with Gasteiger partial charge >= 0.3 is 0 Å². The van der Waals surface area contributed by atoms with Crippen molar-refractivity contribution in [1.82, 2.24) is 19.7 Å². The van der Waals surface area contributed by atoms with Crippen LogP contribution in [0, 0.1) is 0 Å². The van der Waals surface area contributed by atoms with E-state index < -0.39 is 11.5 Å². The summed E-state index contributed by atoms with van der Waals surface area (Å²) in [5.74, 6) is -0.178. The number of alkyl halides is 2. The van der Waals surface area contributed by atoms with E-state index in [1.807, 2.05) is 18.4 Å². The standard InChI is InChI=1S/C9H14ClFN4O/c1-6(2)15-5-12-13-7(15)4-14(3)9(16)8(10)11/h5-6,8H,4H2,1-3H3. The summed E-state index contributed by atoms with van der Waals surface area (Å²) < 4.78 is 14.4. The van der Waals surface area contributed by atoms with E-state index >= 15 is 0 Å². The van der Waals surface area contributed by atoms with E-state index in [0.29, 0.717) is 5.82 Å². The van der Waals surface area contributed by atoms with Crippen molar-refractivity contribution in [2.24, 2.45) is 0 Å². The van der Waals surface area contributed by atoms with E-state index in [-0.39, 0.29) is 12.6 Å². The molecule has 0 aliphatic heterocycles. The molecule has 1 atom stereocenters. The molecule has 7 heteroatoms. The molecule has 0 aliphatic carbocycles. The summed E-state index contributed by atoms with van der Waals surface area (Å²) in [6.45, 7) is 4.12. The predicted molar refractivity (Wildman–Crippen MR) is 57.6 cm³/mol. The van der Waals surface area contributed by atoms with Gasteiger partial charge in [-0.3, -0.25) is 4.79 Å². The summed E-state index contributed by atoms with van der Waals surface area (Å²) in [5, 5.41) is 7.62. The van der Waals surface area contributed by atoms with E-state index in [0.717, 1.165) is 0 Å². The molecule has 0 saturated heterocycles. The molecule has 1 rings (SSSR count). The molecule has 1 heterocycles. The van der Waals surface area contributed by atoms with Gasteiger partial charge in [-0.15, -0.1) is 10.2 Å². The number of hydrogen-bond acceptors (Lipinski definition) is 3. The number of halogens is 2. The zero-order chi connectivity index (χ0) is 12.3. The zero-order valence-corrected chi connectivity index (χ0v) is 10.1. The largest absolute Gasteiger partial charge is 0.335 e. The number of nitrogens with zero attached hydrogens (tertiary/aromatic N) is 4. The van der Waals surface area contributed by atoms with Crippen LogP contribution in [0.15, 0.2) is 6.33 Å². The van der Waals surface area contributed by atoms with E-state index in [2.05, 4.69) is 10.2 Å². The van der Waals surface area contributed by atoms with Crippen LogP contribution < -0.4 is 0 Å². The molecular weight excluding hydrogens is 235 g/mol. The molecule has 0 radical (unpaired) electrons. The van der Waals surface area contributed by atoms with Crippen molar-refractivity contribution in [3.05, 3.63) is 12.2 Å². The molecule has 16 heavy (non-hydrogen) atoms. The molecule has 1 aromatic rings. The average molecular weight is 249 g/mol. The number of amides is 1. The third kappa shape index (κ3) is 2.91. The Labute approximate surface area is 98.2 Å². The lowest BCUT2D eigenvalue weighted by atomic mass is 10.3. The van der Waals surface area contributed by atoms with Gasteiger partial charge in [-0.05, 0) is 13.8 Å². The third-order valence-electron chi connectivity index (χ3n) is 2.15. The Morgan fingerprint density at radius 2 is 2.31 bits per heavy atom. The molecule has 90 valence electrons. The van der Waals surface area contributed by atoms with E-state index in [1.165, 1.54) is 11.9 Å². The van der Waals surface area contributed by atoms with Crippen LogP contribution in [0.25, 0.3) is 0 Å². The monoisotopic (exact) mass is 248 g/mol. The quantitative estimate of drug-likeness (QED) is 0.756. The number of carbonyl (C=O) groups is 1. The highest BCUT2D eigenvalue weighted by Gasteiger charge is 2.20. The smallest absolute Gasteiger partial charge is 0.272 e. The molecule has 0 bridgehead atoms.